The number of carboxylic acid groups (broad SMARTS) is 2. The number of aromatic nitrogens is 7. The first-order chi connectivity index (χ1) is 54.2. The Morgan fingerprint density at radius 2 is 0.851 bits per heavy atom. The molecule has 1 fully saturated rings. The van der Waals surface area contributed by atoms with Crippen LogP contribution >= 0.6 is 0 Å². The van der Waals surface area contributed by atoms with E-state index >= 15 is 0 Å². The predicted molar refractivity (Wildman–Crippen MR) is 445 cm³/mol. The number of nitrogens with zero attached hydrogens (tertiary/aromatic N) is 12. The molecule has 1 aliphatic rings. The molecule has 28 nitrogen and oxygen atoms in total. The van der Waals surface area contributed by atoms with Gasteiger partial charge in [0, 0.05) is 152 Å². The Morgan fingerprint density at radius 1 is 0.518 bits per heavy atom. The van der Waals surface area contributed by atoms with E-state index in [1.807, 2.05) is 129 Å². The van der Waals surface area contributed by atoms with Crippen molar-refractivity contribution in [3.05, 3.63) is 271 Å². The summed E-state index contributed by atoms with van der Waals surface area (Å²) in [5.41, 5.74) is 13.5. The molecule has 0 bridgehead atoms. The number of carboxylic acids is 2. The van der Waals surface area contributed by atoms with E-state index < -0.39 is 20.0 Å². The number of benzene rings is 7. The average molecular weight is 1570 g/mol. The molecule has 0 unspecified atom stereocenters. The van der Waals surface area contributed by atoms with Crippen LogP contribution in [0.25, 0.3) is 80.9 Å². The van der Waals surface area contributed by atoms with Crippen LogP contribution in [0.4, 0.5) is 0 Å². The van der Waals surface area contributed by atoms with Crippen LogP contribution in [0.5, 0.6) is 40.2 Å². The van der Waals surface area contributed by atoms with Gasteiger partial charge in [-0.25, -0.2) is 35.3 Å². The number of phenolic OH excluding ortho intramolecular Hbond substituents is 1. The minimum absolute atomic E-state index is 0. The van der Waals surface area contributed by atoms with Crippen LogP contribution in [0.3, 0.4) is 0 Å². The van der Waals surface area contributed by atoms with Crippen LogP contribution in [0.15, 0.2) is 249 Å². The molecule has 0 atom stereocenters. The monoisotopic (exact) mass is 1570 g/mol. The van der Waals surface area contributed by atoms with Gasteiger partial charge in [-0.05, 0) is 97.8 Å². The summed E-state index contributed by atoms with van der Waals surface area (Å²) in [5, 5.41) is 72.1. The Morgan fingerprint density at radius 3 is 1.19 bits per heavy atom. The fraction of sp³-hybridized carbons (Fsp3) is 0.202. The molecule has 30 heteroatoms. The van der Waals surface area contributed by atoms with Crippen molar-refractivity contribution in [2.75, 3.05) is 55.9 Å². The first kappa shape index (κ1) is 94.9. The van der Waals surface area contributed by atoms with E-state index in [-0.39, 0.29) is 55.8 Å². The zero-order valence-electron chi connectivity index (χ0n) is 64.8. The Labute approximate surface area is 686 Å². The summed E-state index contributed by atoms with van der Waals surface area (Å²) in [6.45, 7) is 10.4. The van der Waals surface area contributed by atoms with E-state index in [1.54, 1.807) is 164 Å². The second kappa shape index (κ2) is 52.7. The molecule has 0 spiro atoms. The number of nitroso groups, excluding NO2 is 1. The van der Waals surface area contributed by atoms with E-state index in [9.17, 15) is 19.9 Å². The molecule has 14 aromatic rings. The maximum Gasteiger partial charge on any atom is 1.00 e. The summed E-state index contributed by atoms with van der Waals surface area (Å²) in [6, 6.07) is 53.8. The summed E-state index contributed by atoms with van der Waals surface area (Å²) < 4.78 is 43.0. The number of aromatic carboxylic acids is 2. The van der Waals surface area contributed by atoms with Gasteiger partial charge in [-0.2, -0.15) is 9.99 Å². The third kappa shape index (κ3) is 29.8. The van der Waals surface area contributed by atoms with E-state index in [0.717, 1.165) is 106 Å². The van der Waals surface area contributed by atoms with Gasteiger partial charge in [-0.15, -0.1) is 4.91 Å². The molecule has 588 valence electrons. The minimum atomic E-state index is -1.33. The molecule has 7 aromatic heterocycles. The van der Waals surface area contributed by atoms with Crippen LogP contribution in [0, 0.1) is 32.4 Å². The topological polar surface area (TPSA) is 399 Å². The zero-order chi connectivity index (χ0) is 81.6. The first-order valence-corrected chi connectivity index (χ1v) is 37.2. The second-order valence-electron chi connectivity index (χ2n) is 23.2. The molecule has 0 saturated carbocycles. The van der Waals surface area contributed by atoms with Crippen LogP contribution < -0.4 is 73.8 Å². The molecule has 0 aliphatic carbocycles. The molecule has 5 N–H and O–H groups in total. The molecule has 8 heterocycles. The molecule has 0 radical (unpaired) electrons. The molecular weight excluding hydrogens is 1480 g/mol. The number of hydrogen-bond donors (Lipinski definition) is 5. The number of fused-ring (bicyclic) bond motifs is 7. The number of nitrogens with one attached hydrogen (secondary N) is 2. The normalized spacial score (nSPS) is 10.2. The number of ether oxygens (including phenoxy) is 7. The third-order valence-electron chi connectivity index (χ3n) is 15.1. The van der Waals surface area contributed by atoms with Crippen molar-refractivity contribution < 1.29 is 93.7 Å². The van der Waals surface area contributed by atoms with Gasteiger partial charge >= 0.3 is 41.5 Å². The molecule has 7 aromatic carbocycles. The molecule has 114 heavy (non-hydrogen) atoms. The fourth-order valence-corrected chi connectivity index (χ4v) is 10.1. The Balaban J connectivity index is 0.000000436. The largest absolute Gasteiger partial charge is 1.00 e. The van der Waals surface area contributed by atoms with Crippen LogP contribution in [0.2, 0.25) is 19.6 Å². The van der Waals surface area contributed by atoms with Crippen LogP contribution in [-0.2, 0) is 4.74 Å². The summed E-state index contributed by atoms with van der Waals surface area (Å²) in [6.07, 6.45) is 20.7. The van der Waals surface area contributed by atoms with Crippen LogP contribution in [-0.4, -0.2) is 121 Å². The number of aromatic hydroxyl groups is 1. The molecule has 1 saturated heterocycles. The van der Waals surface area contributed by atoms with Gasteiger partial charge in [0.05, 0.1) is 53.3 Å². The SMILES string of the molecule is C.C.C1CCOC1.COc1cccc2c(C#N)nccc12.COc1cccc2c(C(=O)O)nccc12.COc1cccc2c(C(=O)O)nccc12.COc1cccc2c[n+]([O-])ccc12.COc1cccc2cnccc12.COc1cccc2cnccc12.C[Si](C)(C)C#N.Oc1cccc2cnccc12.[2H]CC.[N-]=NNNN=O.[Na+]. The number of hydrazine groups is 1. The van der Waals surface area contributed by atoms with Crippen molar-refractivity contribution in [1.82, 2.24) is 41.0 Å². The Hall–Kier alpha value is -13.3. The van der Waals surface area contributed by atoms with Crippen molar-refractivity contribution in [3.8, 4) is 52.0 Å². The first-order valence-electron chi connectivity index (χ1n) is 34.4. The van der Waals surface area contributed by atoms with Gasteiger partial charge in [0.1, 0.15) is 52.0 Å². The fourth-order valence-electron chi connectivity index (χ4n) is 10.1. The molecular formula is C84H93N14NaO14Si. The Kier molecular flexibility index (Phi) is 43.9. The van der Waals surface area contributed by atoms with Crippen molar-refractivity contribution >= 4 is 95.4 Å². The van der Waals surface area contributed by atoms with E-state index in [0.29, 0.717) is 40.6 Å². The van der Waals surface area contributed by atoms with Gasteiger partial charge in [-0.3, -0.25) is 20.2 Å². The predicted octanol–water partition coefficient (Wildman–Crippen LogP) is 15.1. The number of hydrogen-bond acceptors (Lipinski definition) is 22. The standard InChI is InChI=1S/C11H8N2O.2C11H9NO3.C10H9NO2.2C10H9NO.C9H7NO.C4H9NSi.C4H8O.C2H6.2CH4.H2N5O.Na/c1-14-11-4-2-3-8-9(11)5-6-13-10(8)7-12;2*1-15-9-4-2-3-8-7(9)5-6-12-10(8)11(13)14;1-13-10-4-2-3-8-7-11(12)6-5-9(8)10;2*1-12-10-4-2-3-8-7-11-6-5-9(8)10;11-9-3-1-2-7-6-10-5-4-8(7)9;1-6(2,3)4-5;1-2-4-5-3-1;1-2;;;1-2-3-4-5-6;/h2-6H,1H3;2*2-6H,1H3,(H,13,14);2-7H,1H3;2*2-7H,1H3;1-6,11H;1-3H3;1-4H2;1-2H3;2*1H4;(H2-,1,2,3,4,5,6);/q;;;;;;;;;;;;-1;+1/i;;;;;;;;;1D;;;;. The number of methoxy groups -OCH3 is 6. The van der Waals surface area contributed by atoms with E-state index in [2.05, 4.69) is 52.2 Å². The number of nitriles is 2. The second-order valence-corrected chi connectivity index (χ2v) is 27.9. The van der Waals surface area contributed by atoms with Crippen molar-refractivity contribution in [2.45, 2.75) is 61.2 Å². The van der Waals surface area contributed by atoms with Crippen molar-refractivity contribution in [2.24, 2.45) is 10.5 Å². The smallest absolute Gasteiger partial charge is 0.619 e. The van der Waals surface area contributed by atoms with Gasteiger partial charge in [0.2, 0.25) is 0 Å². The van der Waals surface area contributed by atoms with E-state index in [1.165, 1.54) is 37.6 Å². The number of carbonyl (C=O) groups is 2. The minimum Gasteiger partial charge on any atom is -0.619 e. The summed E-state index contributed by atoms with van der Waals surface area (Å²) in [7, 11) is 8.36. The summed E-state index contributed by atoms with van der Waals surface area (Å²) in [4.78, 5) is 54.4. The van der Waals surface area contributed by atoms with Crippen molar-refractivity contribution in [1.29, 1.82) is 10.5 Å². The maximum absolute atomic E-state index is 11.0. The van der Waals surface area contributed by atoms with Gasteiger partial charge in [0.25, 0.3) is 0 Å². The van der Waals surface area contributed by atoms with Gasteiger partial charge < -0.3 is 64.8 Å². The summed E-state index contributed by atoms with van der Waals surface area (Å²) >= 11 is 0. The zero-order valence-corrected chi connectivity index (χ0v) is 66.8. The van der Waals surface area contributed by atoms with E-state index in [4.69, 9.17) is 65.7 Å². The third-order valence-corrected chi connectivity index (χ3v) is 15.8. The Bertz CT molecular complexity index is 5220. The number of pyridine rings is 7. The van der Waals surface area contributed by atoms with Crippen LogP contribution in [0.1, 0.15) is 69.6 Å². The molecule has 15 rings (SSSR count). The van der Waals surface area contributed by atoms with Crippen molar-refractivity contribution in [3.63, 3.8) is 0 Å². The quantitative estimate of drug-likeness (QED) is 0.0153. The molecule has 0 amide bonds. The molecule has 1 aliphatic heterocycles. The number of rotatable bonds is 11. The summed E-state index contributed by atoms with van der Waals surface area (Å²) in [5.74, 6) is 2.90. The number of phenols is 1. The van der Waals surface area contributed by atoms with Gasteiger partial charge in [0.15, 0.2) is 31.9 Å². The average Bonchev–Trinajstić information content (AvgIpc) is 0.932. The maximum atomic E-state index is 11.0. The van der Waals surface area contributed by atoms with Gasteiger partial charge in [-0.1, -0.05) is 127 Å².